The van der Waals surface area contributed by atoms with Gasteiger partial charge in [0.25, 0.3) is 5.91 Å². The highest BCUT2D eigenvalue weighted by molar-refractivity contribution is 6.42. The van der Waals surface area contributed by atoms with Crippen LogP contribution in [0.4, 0.5) is 0 Å². The van der Waals surface area contributed by atoms with Crippen molar-refractivity contribution in [1.29, 1.82) is 0 Å². The fraction of sp³-hybridized carbons (Fsp3) is 0.429. The summed E-state index contributed by atoms with van der Waals surface area (Å²) < 4.78 is 5.93. The van der Waals surface area contributed by atoms with Gasteiger partial charge in [0, 0.05) is 49.9 Å². The summed E-state index contributed by atoms with van der Waals surface area (Å²) in [6, 6.07) is 16.1. The molecule has 0 radical (unpaired) electrons. The minimum atomic E-state index is 0.115. The minimum absolute atomic E-state index is 0.115. The fourth-order valence-corrected chi connectivity index (χ4v) is 5.94. The first-order valence-corrected chi connectivity index (χ1v) is 13.1. The highest BCUT2D eigenvalue weighted by atomic mass is 35.5. The van der Waals surface area contributed by atoms with Crippen molar-refractivity contribution in [2.75, 3.05) is 33.3 Å². The second-order valence-electron chi connectivity index (χ2n) is 9.70. The van der Waals surface area contributed by atoms with Gasteiger partial charge in [-0.05, 0) is 80.1 Å². The molecule has 35 heavy (non-hydrogen) atoms. The quantitative estimate of drug-likeness (QED) is 0.439. The van der Waals surface area contributed by atoms with Crippen molar-refractivity contribution in [2.24, 2.45) is 5.92 Å². The molecule has 3 heterocycles. The van der Waals surface area contributed by atoms with Gasteiger partial charge in [0.15, 0.2) is 0 Å². The number of ether oxygens (including phenoxy) is 1. The minimum Gasteiger partial charge on any atom is -0.380 e. The molecule has 5 nitrogen and oxygen atoms in total. The number of amides is 1. The lowest BCUT2D eigenvalue weighted by atomic mass is 9.86. The van der Waals surface area contributed by atoms with Crippen molar-refractivity contribution >= 4 is 40.0 Å². The molecule has 2 aliphatic rings. The monoisotopic (exact) mass is 511 g/mol. The number of carbonyl (C=O) groups is 1. The lowest BCUT2D eigenvalue weighted by Gasteiger charge is -2.44. The van der Waals surface area contributed by atoms with E-state index in [4.69, 9.17) is 27.9 Å². The van der Waals surface area contributed by atoms with Gasteiger partial charge in [-0.25, -0.2) is 0 Å². The highest BCUT2D eigenvalue weighted by Crippen LogP contribution is 2.30. The first kappa shape index (κ1) is 24.5. The summed E-state index contributed by atoms with van der Waals surface area (Å²) in [7, 11) is 1.82. The van der Waals surface area contributed by atoms with Crippen LogP contribution in [0.2, 0.25) is 10.0 Å². The van der Waals surface area contributed by atoms with E-state index in [9.17, 15) is 4.79 Å². The first-order valence-electron chi connectivity index (χ1n) is 12.4. The van der Waals surface area contributed by atoms with Gasteiger partial charge in [-0.2, -0.15) is 0 Å². The maximum absolute atomic E-state index is 13.1. The molecular formula is C28H31Cl2N3O2. The molecule has 0 bridgehead atoms. The van der Waals surface area contributed by atoms with Crippen LogP contribution in [0, 0.1) is 5.92 Å². The maximum atomic E-state index is 13.1. The fourth-order valence-electron chi connectivity index (χ4n) is 5.62. The zero-order chi connectivity index (χ0) is 24.4. The molecule has 0 spiro atoms. The number of piperidine rings is 2. The number of benzene rings is 2. The van der Waals surface area contributed by atoms with Crippen LogP contribution in [0.3, 0.4) is 0 Å². The Kier molecular flexibility index (Phi) is 7.59. The normalized spacial score (nSPS) is 22.0. The van der Waals surface area contributed by atoms with E-state index >= 15 is 0 Å². The molecule has 0 aliphatic carbocycles. The predicted molar refractivity (Wildman–Crippen MR) is 141 cm³/mol. The third-order valence-corrected chi connectivity index (χ3v) is 8.37. The van der Waals surface area contributed by atoms with E-state index in [2.05, 4.69) is 16.0 Å². The van der Waals surface area contributed by atoms with Crippen LogP contribution in [0.15, 0.2) is 54.7 Å². The first-order chi connectivity index (χ1) is 17.0. The Morgan fingerprint density at radius 1 is 1.03 bits per heavy atom. The van der Waals surface area contributed by atoms with Gasteiger partial charge >= 0.3 is 0 Å². The number of nitrogens with zero attached hydrogens (tertiary/aromatic N) is 3. The summed E-state index contributed by atoms with van der Waals surface area (Å²) in [5.41, 5.74) is 2.86. The molecule has 1 amide bonds. The number of halogens is 2. The van der Waals surface area contributed by atoms with Gasteiger partial charge in [0.2, 0.25) is 0 Å². The summed E-state index contributed by atoms with van der Waals surface area (Å²) in [6.45, 7) is 3.56. The molecule has 2 fully saturated rings. The standard InChI is InChI=1S/C28H31Cl2N3O2/c1-35-27-18-33(12-8-21(27)15-19-4-6-24(29)25(30)16-19)23-9-13-32(14-10-23)28(34)22-5-7-26-20(17-22)3-2-11-31-26/h2-7,11,16-17,21,23,27H,8-10,12-15,18H2,1H3/t21-,27+/m0/s1. The van der Waals surface area contributed by atoms with Crippen LogP contribution in [-0.4, -0.2) is 66.1 Å². The smallest absolute Gasteiger partial charge is 0.253 e. The Labute approximate surface area is 217 Å². The van der Waals surface area contributed by atoms with E-state index < -0.39 is 0 Å². The summed E-state index contributed by atoms with van der Waals surface area (Å²) >= 11 is 12.3. The summed E-state index contributed by atoms with van der Waals surface area (Å²) in [4.78, 5) is 22.1. The predicted octanol–water partition coefficient (Wildman–Crippen LogP) is 5.73. The number of carbonyl (C=O) groups excluding carboxylic acids is 1. The van der Waals surface area contributed by atoms with Gasteiger partial charge in [-0.1, -0.05) is 35.3 Å². The van der Waals surface area contributed by atoms with Crippen LogP contribution < -0.4 is 0 Å². The second-order valence-corrected chi connectivity index (χ2v) is 10.5. The Morgan fingerprint density at radius 2 is 1.86 bits per heavy atom. The number of aromatic nitrogens is 1. The molecule has 5 rings (SSSR count). The Bertz CT molecular complexity index is 1200. The molecule has 3 aromatic rings. The zero-order valence-electron chi connectivity index (χ0n) is 20.0. The molecule has 1 aromatic heterocycles. The van der Waals surface area contributed by atoms with Gasteiger partial charge < -0.3 is 9.64 Å². The van der Waals surface area contributed by atoms with Crippen molar-refractivity contribution in [3.05, 3.63) is 75.9 Å². The molecule has 184 valence electrons. The number of fused-ring (bicyclic) bond motifs is 1. The molecular weight excluding hydrogens is 481 g/mol. The van der Waals surface area contributed by atoms with E-state index in [0.29, 0.717) is 22.0 Å². The average Bonchev–Trinajstić information content (AvgIpc) is 2.90. The number of methoxy groups -OCH3 is 1. The largest absolute Gasteiger partial charge is 0.380 e. The van der Waals surface area contributed by atoms with Gasteiger partial charge in [-0.15, -0.1) is 0 Å². The Morgan fingerprint density at radius 3 is 2.63 bits per heavy atom. The third kappa shape index (κ3) is 5.49. The molecule has 0 unspecified atom stereocenters. The van der Waals surface area contributed by atoms with Crippen LogP contribution in [0.1, 0.15) is 35.2 Å². The van der Waals surface area contributed by atoms with Crippen LogP contribution in [0.5, 0.6) is 0 Å². The number of pyridine rings is 1. The van der Waals surface area contributed by atoms with Crippen molar-refractivity contribution in [3.63, 3.8) is 0 Å². The third-order valence-electron chi connectivity index (χ3n) is 7.63. The molecule has 2 saturated heterocycles. The van der Waals surface area contributed by atoms with E-state index in [-0.39, 0.29) is 12.0 Å². The lowest BCUT2D eigenvalue weighted by Crippen LogP contribution is -2.53. The van der Waals surface area contributed by atoms with E-state index in [1.165, 1.54) is 5.56 Å². The molecule has 0 N–H and O–H groups in total. The summed E-state index contributed by atoms with van der Waals surface area (Å²) in [6.07, 6.45) is 5.98. The molecule has 2 aliphatic heterocycles. The van der Waals surface area contributed by atoms with E-state index in [0.717, 1.165) is 68.3 Å². The average molecular weight is 512 g/mol. The van der Waals surface area contributed by atoms with Crippen LogP contribution >= 0.6 is 23.2 Å². The van der Waals surface area contributed by atoms with Crippen molar-refractivity contribution in [3.8, 4) is 0 Å². The molecule has 2 atom stereocenters. The van der Waals surface area contributed by atoms with Crippen molar-refractivity contribution < 1.29 is 9.53 Å². The topological polar surface area (TPSA) is 45.7 Å². The number of likely N-dealkylation sites (tertiary alicyclic amines) is 2. The van der Waals surface area contributed by atoms with Crippen LogP contribution in [0.25, 0.3) is 10.9 Å². The summed E-state index contributed by atoms with van der Waals surface area (Å²) in [5, 5.41) is 2.20. The SMILES string of the molecule is CO[C@@H]1CN(C2CCN(C(=O)c3ccc4ncccc4c3)CC2)CC[C@H]1Cc1ccc(Cl)c(Cl)c1. The lowest BCUT2D eigenvalue weighted by molar-refractivity contribution is -0.0325. The zero-order valence-corrected chi connectivity index (χ0v) is 21.5. The second kappa shape index (κ2) is 10.8. The van der Waals surface area contributed by atoms with Crippen LogP contribution in [-0.2, 0) is 11.2 Å². The van der Waals surface area contributed by atoms with Gasteiger partial charge in [-0.3, -0.25) is 14.7 Å². The summed E-state index contributed by atoms with van der Waals surface area (Å²) in [5.74, 6) is 0.571. The Hall–Kier alpha value is -2.18. The number of hydrogen-bond donors (Lipinski definition) is 0. The maximum Gasteiger partial charge on any atom is 0.253 e. The number of hydrogen-bond acceptors (Lipinski definition) is 4. The Balaban J connectivity index is 1.16. The number of rotatable bonds is 5. The van der Waals surface area contributed by atoms with Gasteiger partial charge in [0.1, 0.15) is 0 Å². The molecule has 7 heteroatoms. The molecule has 2 aromatic carbocycles. The van der Waals surface area contributed by atoms with Crippen molar-refractivity contribution in [1.82, 2.24) is 14.8 Å². The van der Waals surface area contributed by atoms with Gasteiger partial charge in [0.05, 0.1) is 21.7 Å². The van der Waals surface area contributed by atoms with E-state index in [1.54, 1.807) is 6.20 Å². The van der Waals surface area contributed by atoms with E-state index in [1.807, 2.05) is 54.5 Å². The van der Waals surface area contributed by atoms with Crippen molar-refractivity contribution in [2.45, 2.75) is 37.8 Å². The highest BCUT2D eigenvalue weighted by Gasteiger charge is 2.34. The molecule has 0 saturated carbocycles.